The number of likely N-dealkylation sites (N-methyl/N-ethyl adjacent to an activating group) is 2. The highest BCUT2D eigenvalue weighted by molar-refractivity contribution is 5.82. The first-order chi connectivity index (χ1) is 23.5. The lowest BCUT2D eigenvalue weighted by Crippen LogP contribution is -2.46. The van der Waals surface area contributed by atoms with Crippen LogP contribution in [-0.2, 0) is 26.8 Å². The molecule has 10 heteroatoms. The predicted molar refractivity (Wildman–Crippen MR) is 194 cm³/mol. The predicted octanol–water partition coefficient (Wildman–Crippen LogP) is 5.59. The van der Waals surface area contributed by atoms with Gasteiger partial charge in [0.25, 0.3) is 0 Å². The molecule has 3 heterocycles. The SMILES string of the molecule is CC(C)C(C(=O)NCCCCc1ncc(-c2ccc(C34CCC(c5cnc(C6CCCN6C(=O)CN(C)C)[nH]5)(CC3)CC4)cc2)[nH]1)N(C)C. The number of carbonyl (C=O) groups excluding carboxylic acids is 2. The number of imidazole rings is 2. The van der Waals surface area contributed by atoms with E-state index in [1.165, 1.54) is 55.3 Å². The molecule has 49 heavy (non-hydrogen) atoms. The van der Waals surface area contributed by atoms with Gasteiger partial charge in [-0.2, -0.15) is 0 Å². The van der Waals surface area contributed by atoms with Crippen LogP contribution in [0.2, 0.25) is 0 Å². The molecular weight excluding hydrogens is 612 g/mol. The number of likely N-dealkylation sites (tertiary alicyclic amines) is 1. The highest BCUT2D eigenvalue weighted by Gasteiger charge is 2.51. The van der Waals surface area contributed by atoms with Crippen LogP contribution >= 0.6 is 0 Å². The lowest BCUT2D eigenvalue weighted by molar-refractivity contribution is -0.133. The van der Waals surface area contributed by atoms with E-state index in [0.29, 0.717) is 13.1 Å². The average molecular weight is 671 g/mol. The van der Waals surface area contributed by atoms with Crippen LogP contribution < -0.4 is 5.32 Å². The van der Waals surface area contributed by atoms with Crippen molar-refractivity contribution < 1.29 is 9.59 Å². The quantitative estimate of drug-likeness (QED) is 0.193. The minimum Gasteiger partial charge on any atom is -0.355 e. The molecule has 1 saturated heterocycles. The van der Waals surface area contributed by atoms with Gasteiger partial charge in [0.2, 0.25) is 11.8 Å². The summed E-state index contributed by atoms with van der Waals surface area (Å²) in [7, 11) is 7.82. The van der Waals surface area contributed by atoms with Crippen LogP contribution in [0, 0.1) is 5.92 Å². The van der Waals surface area contributed by atoms with Crippen LogP contribution in [0.1, 0.15) is 107 Å². The third-order valence-corrected chi connectivity index (χ3v) is 11.8. The van der Waals surface area contributed by atoms with Crippen LogP contribution in [0.5, 0.6) is 0 Å². The minimum absolute atomic E-state index is 0.0681. The number of nitrogens with zero attached hydrogens (tertiary/aromatic N) is 5. The van der Waals surface area contributed by atoms with Gasteiger partial charge < -0.3 is 25.1 Å². The van der Waals surface area contributed by atoms with Crippen molar-refractivity contribution in [2.75, 3.05) is 47.8 Å². The number of aryl methyl sites for hydroxylation is 1. The molecule has 3 aliphatic carbocycles. The van der Waals surface area contributed by atoms with Gasteiger partial charge in [0.1, 0.15) is 11.6 Å². The summed E-state index contributed by atoms with van der Waals surface area (Å²) in [5, 5.41) is 3.11. The maximum absolute atomic E-state index is 12.9. The van der Waals surface area contributed by atoms with Gasteiger partial charge in [-0.15, -0.1) is 0 Å². The zero-order valence-corrected chi connectivity index (χ0v) is 30.6. The molecule has 1 aliphatic heterocycles. The first-order valence-electron chi connectivity index (χ1n) is 18.6. The summed E-state index contributed by atoms with van der Waals surface area (Å²) < 4.78 is 0. The third kappa shape index (κ3) is 7.50. The van der Waals surface area contributed by atoms with Gasteiger partial charge in [0.15, 0.2) is 0 Å². The fourth-order valence-corrected chi connectivity index (χ4v) is 9.02. The van der Waals surface area contributed by atoms with Gasteiger partial charge >= 0.3 is 0 Å². The average Bonchev–Trinajstić information content (AvgIpc) is 3.86. The normalized spacial score (nSPS) is 24.3. The molecule has 3 aromatic rings. The molecule has 1 aromatic carbocycles. The maximum Gasteiger partial charge on any atom is 0.237 e. The Morgan fingerprint density at radius 2 is 1.63 bits per heavy atom. The molecule has 266 valence electrons. The van der Waals surface area contributed by atoms with E-state index in [1.54, 1.807) is 0 Å². The summed E-state index contributed by atoms with van der Waals surface area (Å²) in [6.45, 7) is 6.13. The molecule has 7 rings (SSSR count). The number of unbranched alkanes of at least 4 members (excludes halogenated alkanes) is 1. The molecular formula is C39H58N8O2. The van der Waals surface area contributed by atoms with Gasteiger partial charge in [-0.05, 0) is 115 Å². The van der Waals surface area contributed by atoms with Gasteiger partial charge in [-0.25, -0.2) is 9.97 Å². The number of aromatic amines is 2. The number of benzene rings is 1. The second kappa shape index (κ2) is 14.8. The van der Waals surface area contributed by atoms with Crippen LogP contribution in [0.4, 0.5) is 0 Å². The molecule has 4 fully saturated rings. The van der Waals surface area contributed by atoms with Crippen LogP contribution in [0.3, 0.4) is 0 Å². The lowest BCUT2D eigenvalue weighted by atomic mass is 9.51. The standard InChI is InChI=1S/C39H58N8O2/c1-27(2)35(46(5)6)37(49)40-22-8-7-11-33-41-24-30(43-33)28-12-14-29(15-13-28)38-16-19-39(20-17-38,21-18-38)32-25-42-36(44-32)31-10-9-23-47(31)34(48)26-45(3)4/h12-15,24-25,27,31,35H,7-11,16-23,26H2,1-6H3,(H,40,49)(H,41,43)(H,42,44). The molecule has 2 amide bonds. The van der Waals surface area contributed by atoms with Gasteiger partial charge in [0.05, 0.1) is 30.5 Å². The van der Waals surface area contributed by atoms with Gasteiger partial charge in [-0.1, -0.05) is 38.1 Å². The Kier molecular flexibility index (Phi) is 10.7. The zero-order chi connectivity index (χ0) is 34.8. The first kappa shape index (κ1) is 35.3. The van der Waals surface area contributed by atoms with Crippen molar-refractivity contribution in [3.8, 4) is 11.3 Å². The van der Waals surface area contributed by atoms with E-state index in [-0.39, 0.29) is 40.6 Å². The number of rotatable bonds is 14. The molecule has 0 radical (unpaired) electrons. The number of amides is 2. The summed E-state index contributed by atoms with van der Waals surface area (Å²) in [5.41, 5.74) is 5.40. The number of aromatic nitrogens is 4. The number of fused-ring (bicyclic) bond motifs is 3. The highest BCUT2D eigenvalue weighted by atomic mass is 16.2. The van der Waals surface area contributed by atoms with Crippen molar-refractivity contribution in [1.82, 2.24) is 40.0 Å². The van der Waals surface area contributed by atoms with Crippen LogP contribution in [0.25, 0.3) is 11.3 Å². The van der Waals surface area contributed by atoms with Gasteiger partial charge in [0, 0.05) is 36.8 Å². The number of carbonyl (C=O) groups is 2. The fourth-order valence-electron chi connectivity index (χ4n) is 9.02. The summed E-state index contributed by atoms with van der Waals surface area (Å²) in [5.74, 6) is 2.54. The molecule has 2 aromatic heterocycles. The molecule has 2 atom stereocenters. The van der Waals surface area contributed by atoms with Crippen LogP contribution in [-0.4, -0.2) is 100 Å². The van der Waals surface area contributed by atoms with E-state index in [0.717, 1.165) is 56.0 Å². The highest BCUT2D eigenvalue weighted by Crippen LogP contribution is 2.58. The zero-order valence-electron chi connectivity index (χ0n) is 30.6. The smallest absolute Gasteiger partial charge is 0.237 e. The van der Waals surface area contributed by atoms with Crippen molar-refractivity contribution in [2.24, 2.45) is 5.92 Å². The molecule has 10 nitrogen and oxygen atoms in total. The monoisotopic (exact) mass is 670 g/mol. The Labute approximate surface area is 292 Å². The van der Waals surface area contributed by atoms with Crippen LogP contribution in [0.15, 0.2) is 36.7 Å². The van der Waals surface area contributed by atoms with E-state index in [9.17, 15) is 9.59 Å². The Balaban J connectivity index is 1.00. The van der Waals surface area contributed by atoms with Crippen molar-refractivity contribution in [1.29, 1.82) is 0 Å². The number of hydrogen-bond acceptors (Lipinski definition) is 6. The van der Waals surface area contributed by atoms with Crippen molar-refractivity contribution in [3.63, 3.8) is 0 Å². The lowest BCUT2D eigenvalue weighted by Gasteiger charge is -2.53. The van der Waals surface area contributed by atoms with E-state index in [1.807, 2.05) is 49.1 Å². The second-order valence-electron chi connectivity index (χ2n) is 15.9. The fraction of sp³-hybridized carbons (Fsp3) is 0.641. The van der Waals surface area contributed by atoms with Crippen molar-refractivity contribution >= 4 is 11.8 Å². The third-order valence-electron chi connectivity index (χ3n) is 11.8. The summed E-state index contributed by atoms with van der Waals surface area (Å²) in [6.07, 6.45) is 15.9. The van der Waals surface area contributed by atoms with Crippen molar-refractivity contribution in [2.45, 2.75) is 107 Å². The minimum atomic E-state index is -0.0971. The number of hydrogen-bond donors (Lipinski definition) is 3. The van der Waals surface area contributed by atoms with E-state index >= 15 is 0 Å². The van der Waals surface area contributed by atoms with E-state index < -0.39 is 0 Å². The Morgan fingerprint density at radius 3 is 2.29 bits per heavy atom. The largest absolute Gasteiger partial charge is 0.355 e. The summed E-state index contributed by atoms with van der Waals surface area (Å²) >= 11 is 0. The molecule has 3 saturated carbocycles. The number of nitrogens with one attached hydrogen (secondary N) is 3. The summed E-state index contributed by atoms with van der Waals surface area (Å²) in [4.78, 5) is 48.2. The Hall–Kier alpha value is -3.50. The molecule has 2 unspecified atom stereocenters. The molecule has 0 spiro atoms. The maximum atomic E-state index is 12.9. The topological polar surface area (TPSA) is 113 Å². The first-order valence-corrected chi connectivity index (χ1v) is 18.6. The number of H-pyrrole nitrogens is 2. The second-order valence-corrected chi connectivity index (χ2v) is 15.9. The van der Waals surface area contributed by atoms with E-state index in [2.05, 4.69) is 64.6 Å². The van der Waals surface area contributed by atoms with Crippen molar-refractivity contribution in [3.05, 3.63) is 59.6 Å². The van der Waals surface area contributed by atoms with Gasteiger partial charge in [-0.3, -0.25) is 14.5 Å². The Morgan fingerprint density at radius 1 is 0.939 bits per heavy atom. The summed E-state index contributed by atoms with van der Waals surface area (Å²) in [6, 6.07) is 9.19. The Bertz CT molecular complexity index is 1540. The molecule has 2 bridgehead atoms. The molecule has 3 N–H and O–H groups in total. The molecule has 4 aliphatic rings. The van der Waals surface area contributed by atoms with E-state index in [4.69, 9.17) is 4.98 Å².